The van der Waals surface area contributed by atoms with E-state index in [-0.39, 0.29) is 12.1 Å². The average Bonchev–Trinajstić information content (AvgIpc) is 2.30. The summed E-state index contributed by atoms with van der Waals surface area (Å²) in [6.07, 6.45) is -0.317. The van der Waals surface area contributed by atoms with Gasteiger partial charge in [0.2, 0.25) is 0 Å². The first-order valence-corrected chi connectivity index (χ1v) is 5.85. The van der Waals surface area contributed by atoms with Gasteiger partial charge < -0.3 is 10.5 Å². The van der Waals surface area contributed by atoms with Crippen LogP contribution in [0.25, 0.3) is 0 Å². The van der Waals surface area contributed by atoms with E-state index in [1.165, 1.54) is 0 Å². The van der Waals surface area contributed by atoms with Crippen molar-refractivity contribution in [2.75, 3.05) is 11.5 Å². The molecule has 1 aromatic carbocycles. The number of benzene rings is 1. The molecule has 1 amide bonds. The smallest absolute Gasteiger partial charge is 0.414 e. The van der Waals surface area contributed by atoms with Crippen molar-refractivity contribution in [3.8, 4) is 0 Å². The number of hydrogen-bond donors (Lipinski definition) is 1. The summed E-state index contributed by atoms with van der Waals surface area (Å²) in [4.78, 5) is 13.4. The molecule has 17 heavy (non-hydrogen) atoms. The highest BCUT2D eigenvalue weighted by atomic mass is 16.6. The van der Waals surface area contributed by atoms with Crippen molar-refractivity contribution in [2.45, 2.75) is 33.4 Å². The zero-order valence-corrected chi connectivity index (χ0v) is 10.6. The Kier molecular flexibility index (Phi) is 4.97. The number of ether oxygens (including phenoxy) is 1. The molecule has 0 heterocycles. The highest BCUT2D eigenvalue weighted by molar-refractivity contribution is 5.88. The van der Waals surface area contributed by atoms with Crippen molar-refractivity contribution in [2.24, 2.45) is 5.73 Å². The molecule has 0 aromatic heterocycles. The highest BCUT2D eigenvalue weighted by Gasteiger charge is 2.19. The molecule has 0 bridgehead atoms. The van der Waals surface area contributed by atoms with Gasteiger partial charge in [-0.3, -0.25) is 4.90 Å². The second-order valence-corrected chi connectivity index (χ2v) is 4.03. The largest absolute Gasteiger partial charge is 0.449 e. The summed E-state index contributed by atoms with van der Waals surface area (Å²) in [6.45, 7) is 6.58. The minimum Gasteiger partial charge on any atom is -0.449 e. The summed E-state index contributed by atoms with van der Waals surface area (Å²) < 4.78 is 5.04. The summed E-state index contributed by atoms with van der Waals surface area (Å²) >= 11 is 0. The van der Waals surface area contributed by atoms with Gasteiger partial charge in [0, 0.05) is 18.3 Å². The minimum atomic E-state index is -0.317. The number of carbonyl (C=O) groups excluding carboxylic acids is 1. The molecule has 1 rings (SSSR count). The number of amides is 1. The third kappa shape index (κ3) is 3.46. The molecule has 0 radical (unpaired) electrons. The zero-order valence-electron chi connectivity index (χ0n) is 10.6. The molecule has 94 valence electrons. The second-order valence-electron chi connectivity index (χ2n) is 4.03. The second kappa shape index (κ2) is 6.25. The van der Waals surface area contributed by atoms with Gasteiger partial charge in [-0.2, -0.15) is 0 Å². The number of hydrogen-bond acceptors (Lipinski definition) is 3. The van der Waals surface area contributed by atoms with Crippen LogP contribution in [0.4, 0.5) is 10.5 Å². The fourth-order valence-corrected chi connectivity index (χ4v) is 1.60. The van der Waals surface area contributed by atoms with Gasteiger partial charge in [0.05, 0.1) is 6.61 Å². The third-order valence-electron chi connectivity index (χ3n) is 2.43. The maximum absolute atomic E-state index is 11.8. The Balaban J connectivity index is 2.93. The lowest BCUT2D eigenvalue weighted by Crippen LogP contribution is -2.37. The number of rotatable bonds is 4. The number of nitrogens with two attached hydrogens (primary N) is 1. The molecule has 0 fully saturated rings. The van der Waals surface area contributed by atoms with Crippen LogP contribution in [0.5, 0.6) is 0 Å². The minimum absolute atomic E-state index is 0.0535. The Morgan fingerprint density at radius 2 is 1.94 bits per heavy atom. The van der Waals surface area contributed by atoms with E-state index in [9.17, 15) is 4.79 Å². The summed E-state index contributed by atoms with van der Waals surface area (Å²) in [5.41, 5.74) is 7.41. The van der Waals surface area contributed by atoms with Crippen LogP contribution in [-0.4, -0.2) is 18.7 Å². The monoisotopic (exact) mass is 236 g/mol. The van der Waals surface area contributed by atoms with E-state index in [1.807, 2.05) is 38.1 Å². The number of carbonyl (C=O) groups is 1. The van der Waals surface area contributed by atoms with Gasteiger partial charge >= 0.3 is 6.09 Å². The molecular formula is C13H20N2O2. The van der Waals surface area contributed by atoms with Gasteiger partial charge in [0.15, 0.2) is 0 Å². The van der Waals surface area contributed by atoms with Crippen LogP contribution >= 0.6 is 0 Å². The van der Waals surface area contributed by atoms with Crippen LogP contribution in [0.3, 0.4) is 0 Å². The molecule has 0 unspecified atom stereocenters. The molecule has 0 saturated carbocycles. The molecular weight excluding hydrogens is 216 g/mol. The average molecular weight is 236 g/mol. The van der Waals surface area contributed by atoms with Crippen LogP contribution < -0.4 is 10.6 Å². The van der Waals surface area contributed by atoms with E-state index in [0.29, 0.717) is 13.2 Å². The van der Waals surface area contributed by atoms with Crippen molar-refractivity contribution in [1.82, 2.24) is 0 Å². The van der Waals surface area contributed by atoms with E-state index < -0.39 is 0 Å². The predicted octanol–water partition coefficient (Wildman–Crippen LogP) is 2.52. The van der Waals surface area contributed by atoms with Crippen LogP contribution in [0, 0.1) is 0 Å². The van der Waals surface area contributed by atoms with Gasteiger partial charge in [-0.05, 0) is 38.5 Å². The van der Waals surface area contributed by atoms with Gasteiger partial charge in [-0.1, -0.05) is 12.1 Å². The molecule has 2 N–H and O–H groups in total. The lowest BCUT2D eigenvalue weighted by Gasteiger charge is -2.25. The van der Waals surface area contributed by atoms with Crippen molar-refractivity contribution in [3.63, 3.8) is 0 Å². The first-order valence-electron chi connectivity index (χ1n) is 5.85. The SMILES string of the molecule is CCOC(=O)N(c1ccc(CN)cc1)C(C)C. The van der Waals surface area contributed by atoms with E-state index in [2.05, 4.69) is 0 Å². The molecule has 0 aliphatic rings. The molecule has 0 atom stereocenters. The maximum Gasteiger partial charge on any atom is 0.414 e. The summed E-state index contributed by atoms with van der Waals surface area (Å²) in [6, 6.07) is 7.67. The molecule has 0 aliphatic heterocycles. The number of anilines is 1. The molecule has 4 heteroatoms. The molecule has 4 nitrogen and oxygen atoms in total. The Morgan fingerprint density at radius 1 is 1.35 bits per heavy atom. The van der Waals surface area contributed by atoms with Gasteiger partial charge in [0.1, 0.15) is 0 Å². The van der Waals surface area contributed by atoms with Gasteiger partial charge in [-0.25, -0.2) is 4.79 Å². The summed E-state index contributed by atoms with van der Waals surface area (Å²) in [7, 11) is 0. The Labute approximate surface area is 102 Å². The third-order valence-corrected chi connectivity index (χ3v) is 2.43. The topological polar surface area (TPSA) is 55.6 Å². The van der Waals surface area contributed by atoms with Crippen molar-refractivity contribution >= 4 is 11.8 Å². The Bertz CT molecular complexity index is 360. The van der Waals surface area contributed by atoms with Crippen LogP contribution in [0.15, 0.2) is 24.3 Å². The molecule has 0 spiro atoms. The fraction of sp³-hybridized carbons (Fsp3) is 0.462. The van der Waals surface area contributed by atoms with Gasteiger partial charge in [0.25, 0.3) is 0 Å². The van der Waals surface area contributed by atoms with E-state index >= 15 is 0 Å². The Hall–Kier alpha value is -1.55. The fourth-order valence-electron chi connectivity index (χ4n) is 1.60. The first-order chi connectivity index (χ1) is 8.10. The van der Waals surface area contributed by atoms with Crippen LogP contribution in [0.2, 0.25) is 0 Å². The maximum atomic E-state index is 11.8. The predicted molar refractivity (Wildman–Crippen MR) is 69.0 cm³/mol. The van der Waals surface area contributed by atoms with Crippen LogP contribution in [0.1, 0.15) is 26.3 Å². The highest BCUT2D eigenvalue weighted by Crippen LogP contribution is 2.19. The molecule has 0 aliphatic carbocycles. The first kappa shape index (κ1) is 13.5. The summed E-state index contributed by atoms with van der Waals surface area (Å²) in [5.74, 6) is 0. The van der Waals surface area contributed by atoms with E-state index in [4.69, 9.17) is 10.5 Å². The quantitative estimate of drug-likeness (QED) is 0.874. The normalized spacial score (nSPS) is 10.4. The standard InChI is InChI=1S/C13H20N2O2/c1-4-17-13(16)15(10(2)3)12-7-5-11(9-14)6-8-12/h5-8,10H,4,9,14H2,1-3H3. The van der Waals surface area contributed by atoms with E-state index in [0.717, 1.165) is 11.3 Å². The lowest BCUT2D eigenvalue weighted by atomic mass is 10.2. The molecule has 0 saturated heterocycles. The number of nitrogens with zero attached hydrogens (tertiary/aromatic N) is 1. The Morgan fingerprint density at radius 3 is 2.35 bits per heavy atom. The van der Waals surface area contributed by atoms with Gasteiger partial charge in [-0.15, -0.1) is 0 Å². The molecule has 1 aromatic rings. The zero-order chi connectivity index (χ0) is 12.8. The van der Waals surface area contributed by atoms with E-state index in [1.54, 1.807) is 11.8 Å². The van der Waals surface area contributed by atoms with Crippen molar-refractivity contribution in [3.05, 3.63) is 29.8 Å². The van der Waals surface area contributed by atoms with Crippen molar-refractivity contribution in [1.29, 1.82) is 0 Å². The summed E-state index contributed by atoms with van der Waals surface area (Å²) in [5, 5.41) is 0. The van der Waals surface area contributed by atoms with Crippen LogP contribution in [-0.2, 0) is 11.3 Å². The lowest BCUT2D eigenvalue weighted by molar-refractivity contribution is 0.158. The van der Waals surface area contributed by atoms with Crippen molar-refractivity contribution < 1.29 is 9.53 Å².